The zero-order valence-electron chi connectivity index (χ0n) is 8.80. The van der Waals surface area contributed by atoms with Crippen LogP contribution < -0.4 is 10.5 Å². The van der Waals surface area contributed by atoms with Gasteiger partial charge < -0.3 is 10.5 Å². The first-order valence-electron chi connectivity index (χ1n) is 5.00. The Kier molecular flexibility index (Phi) is 5.43. The second kappa shape index (κ2) is 6.61. The number of hydrogen-bond acceptors (Lipinski definition) is 2. The number of ether oxygens (including phenoxy) is 1. The molecule has 3 nitrogen and oxygen atoms in total. The predicted molar refractivity (Wildman–Crippen MR) is 67.7 cm³/mol. The number of benzene rings is 1. The first kappa shape index (κ1) is 13.1. The molecule has 0 spiro atoms. The maximum atomic E-state index is 7.05. The van der Waals surface area contributed by atoms with Crippen LogP contribution in [0.3, 0.4) is 0 Å². The van der Waals surface area contributed by atoms with Gasteiger partial charge in [0.2, 0.25) is 0 Å². The minimum absolute atomic E-state index is 0.217. The molecule has 3 N–H and O–H groups in total. The number of rotatable bonds is 6. The third kappa shape index (κ3) is 4.73. The fourth-order valence-corrected chi connectivity index (χ4v) is 1.46. The maximum Gasteiger partial charge on any atom is 0.120 e. The number of halogens is 2. The highest BCUT2D eigenvalue weighted by Crippen LogP contribution is 2.26. The highest BCUT2D eigenvalue weighted by atomic mass is 35.5. The van der Waals surface area contributed by atoms with Crippen LogP contribution in [0.15, 0.2) is 18.2 Å². The molecular formula is C11H14Cl2N2O. The summed E-state index contributed by atoms with van der Waals surface area (Å²) in [5, 5.41) is 8.06. The number of hydrogen-bond donors (Lipinski definition) is 2. The average molecular weight is 261 g/mol. The zero-order valence-corrected chi connectivity index (χ0v) is 10.3. The number of nitrogens with two attached hydrogens (primary N) is 1. The third-order valence-corrected chi connectivity index (χ3v) is 2.74. The molecule has 0 fully saturated rings. The van der Waals surface area contributed by atoms with Crippen molar-refractivity contribution in [2.24, 2.45) is 5.73 Å². The Bertz CT molecular complexity index is 369. The van der Waals surface area contributed by atoms with Crippen LogP contribution >= 0.6 is 23.2 Å². The molecule has 0 bridgehead atoms. The number of nitrogens with one attached hydrogen (secondary N) is 1. The van der Waals surface area contributed by atoms with E-state index < -0.39 is 0 Å². The molecule has 0 aliphatic carbocycles. The molecule has 1 aromatic carbocycles. The van der Waals surface area contributed by atoms with Crippen molar-refractivity contribution < 1.29 is 4.74 Å². The van der Waals surface area contributed by atoms with E-state index >= 15 is 0 Å². The van der Waals surface area contributed by atoms with Gasteiger partial charge in [0.25, 0.3) is 0 Å². The normalized spacial score (nSPS) is 10.1. The molecule has 0 aliphatic heterocycles. The smallest absolute Gasteiger partial charge is 0.120 e. The molecule has 0 radical (unpaired) electrons. The van der Waals surface area contributed by atoms with Crippen molar-refractivity contribution in [1.82, 2.24) is 0 Å². The summed E-state index contributed by atoms with van der Waals surface area (Å²) in [7, 11) is 0. The summed E-state index contributed by atoms with van der Waals surface area (Å²) in [6.07, 6.45) is 2.33. The van der Waals surface area contributed by atoms with Crippen LogP contribution in [0.4, 0.5) is 0 Å². The summed E-state index contributed by atoms with van der Waals surface area (Å²) in [6.45, 7) is 0.589. The molecule has 0 aliphatic rings. The minimum Gasteiger partial charge on any atom is -0.494 e. The van der Waals surface area contributed by atoms with Crippen LogP contribution in [0, 0.1) is 5.41 Å². The Morgan fingerprint density at radius 3 is 2.62 bits per heavy atom. The average Bonchev–Trinajstić information content (AvgIpc) is 2.22. The van der Waals surface area contributed by atoms with Crippen LogP contribution in [0.1, 0.15) is 19.3 Å². The van der Waals surface area contributed by atoms with Crippen LogP contribution in [0.5, 0.6) is 5.75 Å². The fourth-order valence-electron chi connectivity index (χ4n) is 1.17. The Morgan fingerprint density at radius 2 is 2.00 bits per heavy atom. The summed E-state index contributed by atoms with van der Waals surface area (Å²) in [5.41, 5.74) is 5.23. The lowest BCUT2D eigenvalue weighted by molar-refractivity contribution is 0.308. The largest absolute Gasteiger partial charge is 0.494 e. The van der Waals surface area contributed by atoms with Gasteiger partial charge in [-0.3, -0.25) is 5.41 Å². The monoisotopic (exact) mass is 260 g/mol. The van der Waals surface area contributed by atoms with Gasteiger partial charge in [-0.2, -0.15) is 0 Å². The SMILES string of the molecule is N=C(N)CCCCOc1ccc(Cl)c(Cl)c1. The van der Waals surface area contributed by atoms with Gasteiger partial charge in [0.05, 0.1) is 22.5 Å². The van der Waals surface area contributed by atoms with E-state index in [4.69, 9.17) is 39.1 Å². The molecule has 5 heteroatoms. The van der Waals surface area contributed by atoms with Crippen molar-refractivity contribution >= 4 is 29.0 Å². The molecule has 0 heterocycles. The minimum atomic E-state index is 0.217. The molecule has 16 heavy (non-hydrogen) atoms. The zero-order chi connectivity index (χ0) is 12.0. The van der Waals surface area contributed by atoms with Crippen LogP contribution in [0.2, 0.25) is 10.0 Å². The third-order valence-electron chi connectivity index (χ3n) is 2.00. The first-order valence-corrected chi connectivity index (χ1v) is 5.76. The summed E-state index contributed by atoms with van der Waals surface area (Å²) >= 11 is 11.6. The lowest BCUT2D eigenvalue weighted by Gasteiger charge is -2.06. The standard InChI is InChI=1S/C11H14Cl2N2O/c12-9-5-4-8(7-10(9)13)16-6-2-1-3-11(14)15/h4-5,7H,1-3,6H2,(H3,14,15). The molecule has 0 atom stereocenters. The number of amidine groups is 1. The van der Waals surface area contributed by atoms with Gasteiger partial charge in [0.15, 0.2) is 0 Å². The molecule has 0 unspecified atom stereocenters. The van der Waals surface area contributed by atoms with Gasteiger partial charge in [-0.15, -0.1) is 0 Å². The quantitative estimate of drug-likeness (QED) is 0.468. The number of unbranched alkanes of at least 4 members (excludes halogenated alkanes) is 1. The highest BCUT2D eigenvalue weighted by molar-refractivity contribution is 6.42. The summed E-state index contributed by atoms with van der Waals surface area (Å²) in [6, 6.07) is 5.17. The second-order valence-electron chi connectivity index (χ2n) is 3.41. The molecule has 0 aromatic heterocycles. The maximum absolute atomic E-state index is 7.05. The molecule has 0 saturated heterocycles. The van der Waals surface area contributed by atoms with E-state index in [1.807, 2.05) is 0 Å². The van der Waals surface area contributed by atoms with E-state index in [0.717, 1.165) is 12.8 Å². The van der Waals surface area contributed by atoms with Gasteiger partial charge >= 0.3 is 0 Å². The second-order valence-corrected chi connectivity index (χ2v) is 4.22. The Hall–Kier alpha value is -0.930. The molecule has 0 saturated carbocycles. The fraction of sp³-hybridized carbons (Fsp3) is 0.364. The van der Waals surface area contributed by atoms with Crippen LogP contribution in [-0.2, 0) is 0 Å². The molecule has 1 rings (SSSR count). The van der Waals surface area contributed by atoms with Gasteiger partial charge in [-0.1, -0.05) is 23.2 Å². The summed E-state index contributed by atoms with van der Waals surface area (Å²) in [5.74, 6) is 0.923. The van der Waals surface area contributed by atoms with E-state index in [1.165, 1.54) is 0 Å². The Morgan fingerprint density at radius 1 is 1.25 bits per heavy atom. The van der Waals surface area contributed by atoms with E-state index in [9.17, 15) is 0 Å². The van der Waals surface area contributed by atoms with Crippen molar-refractivity contribution in [1.29, 1.82) is 5.41 Å². The lowest BCUT2D eigenvalue weighted by Crippen LogP contribution is -2.09. The Balaban J connectivity index is 2.27. The van der Waals surface area contributed by atoms with Crippen molar-refractivity contribution in [3.63, 3.8) is 0 Å². The molecule has 1 aromatic rings. The van der Waals surface area contributed by atoms with E-state index in [-0.39, 0.29) is 5.84 Å². The van der Waals surface area contributed by atoms with Gasteiger partial charge in [-0.05, 0) is 25.0 Å². The highest BCUT2D eigenvalue weighted by Gasteiger charge is 2.00. The van der Waals surface area contributed by atoms with Gasteiger partial charge in [-0.25, -0.2) is 0 Å². The van der Waals surface area contributed by atoms with Gasteiger partial charge in [0, 0.05) is 12.5 Å². The predicted octanol–water partition coefficient (Wildman–Crippen LogP) is 3.48. The molecule has 0 amide bonds. The summed E-state index contributed by atoms with van der Waals surface area (Å²) in [4.78, 5) is 0. The molecule has 88 valence electrons. The van der Waals surface area contributed by atoms with Gasteiger partial charge in [0.1, 0.15) is 5.75 Å². The van der Waals surface area contributed by atoms with E-state index in [1.54, 1.807) is 18.2 Å². The molecular weight excluding hydrogens is 247 g/mol. The van der Waals surface area contributed by atoms with Crippen molar-refractivity contribution in [2.75, 3.05) is 6.61 Å². The Labute approximate surface area is 105 Å². The lowest BCUT2D eigenvalue weighted by atomic mass is 10.2. The summed E-state index contributed by atoms with van der Waals surface area (Å²) < 4.78 is 5.47. The van der Waals surface area contributed by atoms with Crippen LogP contribution in [0.25, 0.3) is 0 Å². The van der Waals surface area contributed by atoms with Crippen LogP contribution in [-0.4, -0.2) is 12.4 Å². The van der Waals surface area contributed by atoms with Crippen molar-refractivity contribution in [3.05, 3.63) is 28.2 Å². The van der Waals surface area contributed by atoms with E-state index in [2.05, 4.69) is 0 Å². The van der Waals surface area contributed by atoms with Crippen molar-refractivity contribution in [2.45, 2.75) is 19.3 Å². The first-order chi connectivity index (χ1) is 7.59. The van der Waals surface area contributed by atoms with E-state index in [0.29, 0.717) is 28.8 Å². The van der Waals surface area contributed by atoms with Crippen molar-refractivity contribution in [3.8, 4) is 5.75 Å². The topological polar surface area (TPSA) is 59.1 Å².